The summed E-state index contributed by atoms with van der Waals surface area (Å²) in [6.45, 7) is 17.4. The molecule has 0 saturated carbocycles. The molecule has 150 valence electrons. The van der Waals surface area contributed by atoms with Gasteiger partial charge in [-0.15, -0.1) is 0 Å². The summed E-state index contributed by atoms with van der Waals surface area (Å²) in [4.78, 5) is 31.4. The molecule has 7 heteroatoms. The minimum atomic E-state index is -0.455. The second-order valence-corrected chi connectivity index (χ2v) is 5.18. The van der Waals surface area contributed by atoms with E-state index in [0.29, 0.717) is 23.3 Å². The number of aliphatic hydroxyl groups excluding tert-OH is 1. The van der Waals surface area contributed by atoms with E-state index in [1.165, 1.54) is 7.11 Å². The maximum absolute atomic E-state index is 10.7. The van der Waals surface area contributed by atoms with Gasteiger partial charge in [-0.3, -0.25) is 0 Å². The quantitative estimate of drug-likeness (QED) is 0.303. The van der Waals surface area contributed by atoms with Gasteiger partial charge in [-0.2, -0.15) is 0 Å². The number of rotatable bonds is 8. The lowest BCUT2D eigenvalue weighted by molar-refractivity contribution is -0.140. The topological polar surface area (TPSA) is 99.1 Å². The van der Waals surface area contributed by atoms with E-state index in [0.717, 1.165) is 12.8 Å². The Morgan fingerprint density at radius 1 is 0.808 bits per heavy atom. The predicted molar refractivity (Wildman–Crippen MR) is 100 cm³/mol. The highest BCUT2D eigenvalue weighted by Gasteiger charge is 2.00. The van der Waals surface area contributed by atoms with Gasteiger partial charge in [0.25, 0.3) is 0 Å². The Kier molecular flexibility index (Phi) is 20.7. The smallest absolute Gasteiger partial charge is 0.333 e. The molecule has 0 aromatic rings. The molecule has 26 heavy (non-hydrogen) atoms. The predicted octanol–water partition coefficient (Wildman–Crippen LogP) is 2.74. The van der Waals surface area contributed by atoms with Crippen LogP contribution in [0.15, 0.2) is 36.5 Å². The Bertz CT molecular complexity index is 478. The number of hydrogen-bond acceptors (Lipinski definition) is 7. The molecule has 0 aromatic carbocycles. The zero-order valence-corrected chi connectivity index (χ0v) is 16.6. The largest absolute Gasteiger partial charge is 0.466 e. The van der Waals surface area contributed by atoms with Gasteiger partial charge >= 0.3 is 17.9 Å². The van der Waals surface area contributed by atoms with Gasteiger partial charge in [-0.05, 0) is 27.2 Å². The Labute approximate surface area is 156 Å². The van der Waals surface area contributed by atoms with Gasteiger partial charge in [0.1, 0.15) is 6.61 Å². The average molecular weight is 372 g/mol. The molecular formula is C19H32O7. The maximum Gasteiger partial charge on any atom is 0.333 e. The summed E-state index contributed by atoms with van der Waals surface area (Å²) in [5.74, 6) is -1.09. The van der Waals surface area contributed by atoms with Crippen molar-refractivity contribution in [1.29, 1.82) is 0 Å². The monoisotopic (exact) mass is 372 g/mol. The van der Waals surface area contributed by atoms with Gasteiger partial charge in [-0.1, -0.05) is 33.1 Å². The van der Waals surface area contributed by atoms with E-state index in [1.807, 2.05) is 0 Å². The molecule has 0 rings (SSSR count). The second-order valence-electron chi connectivity index (χ2n) is 5.18. The lowest BCUT2D eigenvalue weighted by atomic mass is 10.3. The highest BCUT2D eigenvalue weighted by Crippen LogP contribution is 1.94. The summed E-state index contributed by atoms with van der Waals surface area (Å²) in [6.07, 6.45) is 1.97. The van der Waals surface area contributed by atoms with Crippen LogP contribution in [0.3, 0.4) is 0 Å². The molecule has 0 amide bonds. The van der Waals surface area contributed by atoms with Crippen LogP contribution in [0.5, 0.6) is 0 Å². The first kappa shape index (κ1) is 28.4. The Morgan fingerprint density at radius 3 is 1.42 bits per heavy atom. The molecule has 0 spiro atoms. The van der Waals surface area contributed by atoms with Crippen molar-refractivity contribution in [3.63, 3.8) is 0 Å². The fraction of sp³-hybridized carbons (Fsp3) is 0.526. The Balaban J connectivity index is -0.000000310. The van der Waals surface area contributed by atoms with Gasteiger partial charge < -0.3 is 19.3 Å². The van der Waals surface area contributed by atoms with Gasteiger partial charge in [-0.25, -0.2) is 14.4 Å². The fourth-order valence-corrected chi connectivity index (χ4v) is 0.868. The molecular weight excluding hydrogens is 340 g/mol. The molecule has 0 aliphatic heterocycles. The molecule has 0 aliphatic rings. The van der Waals surface area contributed by atoms with Crippen molar-refractivity contribution < 1.29 is 33.7 Å². The summed E-state index contributed by atoms with van der Waals surface area (Å²) in [5, 5.41) is 8.19. The van der Waals surface area contributed by atoms with E-state index >= 15 is 0 Å². The first-order valence-corrected chi connectivity index (χ1v) is 8.04. The van der Waals surface area contributed by atoms with E-state index < -0.39 is 5.97 Å². The van der Waals surface area contributed by atoms with E-state index in [1.54, 1.807) is 20.8 Å². The molecule has 0 bridgehead atoms. The summed E-state index contributed by atoms with van der Waals surface area (Å²) in [6, 6.07) is 0. The van der Waals surface area contributed by atoms with Crippen molar-refractivity contribution in [2.75, 3.05) is 26.9 Å². The molecule has 0 atom stereocenters. The number of methoxy groups -OCH3 is 1. The normalized spacial score (nSPS) is 8.54. The number of carbonyl (C=O) groups is 3. The Morgan fingerprint density at radius 2 is 1.19 bits per heavy atom. The SMILES string of the molecule is C=C(C)C(=O)OC.C=C(C)C(=O)OCCCC.C=C(C)C(=O)OCCO. The van der Waals surface area contributed by atoms with Crippen LogP contribution in [0.2, 0.25) is 0 Å². The third-order valence-corrected chi connectivity index (χ3v) is 2.29. The highest BCUT2D eigenvalue weighted by molar-refractivity contribution is 5.87. The zero-order valence-electron chi connectivity index (χ0n) is 16.6. The summed E-state index contributed by atoms with van der Waals surface area (Å²) < 4.78 is 13.5. The lowest BCUT2D eigenvalue weighted by Gasteiger charge is -2.01. The van der Waals surface area contributed by atoms with Crippen molar-refractivity contribution >= 4 is 17.9 Å². The van der Waals surface area contributed by atoms with Crippen LogP contribution < -0.4 is 0 Å². The number of ether oxygens (including phenoxy) is 3. The van der Waals surface area contributed by atoms with Crippen molar-refractivity contribution in [2.24, 2.45) is 0 Å². The van der Waals surface area contributed by atoms with Crippen molar-refractivity contribution in [3.8, 4) is 0 Å². The number of aliphatic hydroxyl groups is 1. The van der Waals surface area contributed by atoms with Crippen LogP contribution in [0.4, 0.5) is 0 Å². The average Bonchev–Trinajstić information content (AvgIpc) is 2.59. The minimum Gasteiger partial charge on any atom is -0.466 e. The van der Waals surface area contributed by atoms with Crippen LogP contribution in [0, 0.1) is 0 Å². The maximum atomic E-state index is 10.7. The van der Waals surface area contributed by atoms with Crippen LogP contribution in [0.1, 0.15) is 40.5 Å². The Hall–Kier alpha value is -2.41. The minimum absolute atomic E-state index is 0.0473. The molecule has 0 aliphatic carbocycles. The highest BCUT2D eigenvalue weighted by atomic mass is 16.5. The van der Waals surface area contributed by atoms with Crippen LogP contribution in [0.25, 0.3) is 0 Å². The molecule has 0 unspecified atom stereocenters. The van der Waals surface area contributed by atoms with Crippen LogP contribution >= 0.6 is 0 Å². The summed E-state index contributed by atoms with van der Waals surface area (Å²) >= 11 is 0. The van der Waals surface area contributed by atoms with Crippen LogP contribution in [-0.2, 0) is 28.6 Å². The molecule has 1 N–H and O–H groups in total. The van der Waals surface area contributed by atoms with E-state index in [2.05, 4.69) is 36.1 Å². The summed E-state index contributed by atoms with van der Waals surface area (Å²) in [7, 11) is 1.33. The molecule has 0 aromatic heterocycles. The fourth-order valence-electron chi connectivity index (χ4n) is 0.868. The van der Waals surface area contributed by atoms with Gasteiger partial charge in [0.2, 0.25) is 0 Å². The lowest BCUT2D eigenvalue weighted by Crippen LogP contribution is -2.08. The molecule has 0 fully saturated rings. The molecule has 0 radical (unpaired) electrons. The van der Waals surface area contributed by atoms with Gasteiger partial charge in [0.05, 0.1) is 20.3 Å². The van der Waals surface area contributed by atoms with Crippen molar-refractivity contribution in [2.45, 2.75) is 40.5 Å². The molecule has 7 nitrogen and oxygen atoms in total. The second kappa shape index (κ2) is 18.9. The van der Waals surface area contributed by atoms with Gasteiger partial charge in [0, 0.05) is 16.7 Å². The number of unbranched alkanes of at least 4 members (excludes halogenated alkanes) is 1. The van der Waals surface area contributed by atoms with Crippen molar-refractivity contribution in [3.05, 3.63) is 36.5 Å². The van der Waals surface area contributed by atoms with E-state index in [4.69, 9.17) is 9.84 Å². The number of carbonyl (C=O) groups excluding carboxylic acids is 3. The van der Waals surface area contributed by atoms with Crippen molar-refractivity contribution in [1.82, 2.24) is 0 Å². The first-order valence-electron chi connectivity index (χ1n) is 8.04. The molecule has 0 heterocycles. The van der Waals surface area contributed by atoms with Gasteiger partial charge in [0.15, 0.2) is 0 Å². The summed E-state index contributed by atoms with van der Waals surface area (Å²) in [5.41, 5.74) is 1.25. The zero-order chi connectivity index (χ0) is 21.1. The van der Waals surface area contributed by atoms with Crippen LogP contribution in [-0.4, -0.2) is 49.9 Å². The van der Waals surface area contributed by atoms with E-state index in [9.17, 15) is 14.4 Å². The number of esters is 3. The molecule has 0 saturated heterocycles. The van der Waals surface area contributed by atoms with E-state index in [-0.39, 0.29) is 25.2 Å². The number of hydrogen-bond donors (Lipinski definition) is 1. The first-order chi connectivity index (χ1) is 12.0. The third kappa shape index (κ3) is 21.6. The standard InChI is InChI=1S/C8H14O2.C6H10O3.C5H8O2/c1-4-5-6-10-8(9)7(2)3;1-5(2)6(8)9-4-3-7;1-4(2)5(6)7-3/h2,4-6H2,1,3H3;7H,1,3-4H2,2H3;1H2,2-3H3. The third-order valence-electron chi connectivity index (χ3n) is 2.29.